The topological polar surface area (TPSA) is 43.6 Å². The van der Waals surface area contributed by atoms with E-state index in [2.05, 4.69) is 9.38 Å². The average Bonchev–Trinajstić information content (AvgIpc) is 2.91. The molecule has 0 N–H and O–H groups in total. The molecule has 0 radical (unpaired) electrons. The zero-order valence-electron chi connectivity index (χ0n) is 9.73. The summed E-state index contributed by atoms with van der Waals surface area (Å²) in [5.74, 6) is -0.160. The molecule has 0 fully saturated rings. The Morgan fingerprint density at radius 3 is 3.29 bits per heavy atom. The molecule has 2 aromatic heterocycles. The van der Waals surface area contributed by atoms with Gasteiger partial charge in [-0.1, -0.05) is 0 Å². The van der Waals surface area contributed by atoms with Crippen LogP contribution in [-0.4, -0.2) is 22.0 Å². The first-order chi connectivity index (χ1) is 8.29. The van der Waals surface area contributed by atoms with Gasteiger partial charge in [0.2, 0.25) is 0 Å². The lowest BCUT2D eigenvalue weighted by atomic mass is 10.3. The minimum absolute atomic E-state index is 0.160. The Kier molecular flexibility index (Phi) is 2.63. The zero-order chi connectivity index (χ0) is 11.8. The molecule has 0 spiro atoms. The number of esters is 1. The van der Waals surface area contributed by atoms with Crippen LogP contribution in [0.4, 0.5) is 0 Å². The standard InChI is InChI=1S/C12H14N2O2S/c1-2-16-11(15)6-8-7-17-12-13-9-4-3-5-10(9)14(8)12/h7H,2-6H2,1H3. The van der Waals surface area contributed by atoms with Crippen LogP contribution in [-0.2, 0) is 28.8 Å². The van der Waals surface area contributed by atoms with Crippen molar-refractivity contribution in [2.45, 2.75) is 32.6 Å². The third-order valence-corrected chi connectivity index (χ3v) is 3.95. The highest BCUT2D eigenvalue weighted by molar-refractivity contribution is 7.15. The number of imidazole rings is 1. The van der Waals surface area contributed by atoms with Gasteiger partial charge >= 0.3 is 5.97 Å². The summed E-state index contributed by atoms with van der Waals surface area (Å²) in [6.07, 6.45) is 3.66. The molecule has 0 aromatic carbocycles. The average molecular weight is 250 g/mol. The number of aryl methyl sites for hydroxylation is 2. The summed E-state index contributed by atoms with van der Waals surface area (Å²) in [4.78, 5) is 17.1. The minimum atomic E-state index is -0.160. The number of rotatable bonds is 3. The predicted octanol–water partition coefficient (Wildman–Crippen LogP) is 1.99. The van der Waals surface area contributed by atoms with Gasteiger partial charge in [-0.05, 0) is 26.2 Å². The monoisotopic (exact) mass is 250 g/mol. The summed E-state index contributed by atoms with van der Waals surface area (Å²) in [5.41, 5.74) is 3.52. The van der Waals surface area contributed by atoms with E-state index in [9.17, 15) is 4.79 Å². The van der Waals surface area contributed by atoms with Crippen molar-refractivity contribution in [3.8, 4) is 0 Å². The molecule has 2 aromatic rings. The lowest BCUT2D eigenvalue weighted by Crippen LogP contribution is -2.09. The van der Waals surface area contributed by atoms with Gasteiger partial charge in [-0.2, -0.15) is 0 Å². The molecular weight excluding hydrogens is 236 g/mol. The van der Waals surface area contributed by atoms with Crippen molar-refractivity contribution in [1.29, 1.82) is 0 Å². The second-order valence-corrected chi connectivity index (χ2v) is 5.02. The summed E-state index contributed by atoms with van der Waals surface area (Å²) in [6.45, 7) is 2.27. The minimum Gasteiger partial charge on any atom is -0.466 e. The van der Waals surface area contributed by atoms with Crippen molar-refractivity contribution in [3.05, 3.63) is 22.5 Å². The molecular formula is C12H14N2O2S. The Bertz CT molecular complexity index is 570. The van der Waals surface area contributed by atoms with E-state index >= 15 is 0 Å². The van der Waals surface area contributed by atoms with Gasteiger partial charge in [-0.15, -0.1) is 11.3 Å². The van der Waals surface area contributed by atoms with Crippen LogP contribution < -0.4 is 0 Å². The van der Waals surface area contributed by atoms with Crippen molar-refractivity contribution in [1.82, 2.24) is 9.38 Å². The highest BCUT2D eigenvalue weighted by atomic mass is 32.1. The van der Waals surface area contributed by atoms with Gasteiger partial charge in [0.05, 0.1) is 18.7 Å². The van der Waals surface area contributed by atoms with E-state index in [1.165, 1.54) is 17.8 Å². The van der Waals surface area contributed by atoms with E-state index in [-0.39, 0.29) is 5.97 Å². The molecule has 0 atom stereocenters. The smallest absolute Gasteiger partial charge is 0.311 e. The van der Waals surface area contributed by atoms with Crippen molar-refractivity contribution in [2.75, 3.05) is 6.61 Å². The van der Waals surface area contributed by atoms with Crippen LogP contribution in [0.25, 0.3) is 4.96 Å². The van der Waals surface area contributed by atoms with E-state index in [1.807, 2.05) is 12.3 Å². The number of carbonyl (C=O) groups is 1. The molecule has 1 aliphatic rings. The number of hydrogen-bond donors (Lipinski definition) is 0. The van der Waals surface area contributed by atoms with Crippen LogP contribution in [0.15, 0.2) is 5.38 Å². The molecule has 90 valence electrons. The van der Waals surface area contributed by atoms with Crippen LogP contribution in [0.3, 0.4) is 0 Å². The molecule has 0 aliphatic heterocycles. The zero-order valence-corrected chi connectivity index (χ0v) is 10.5. The summed E-state index contributed by atoms with van der Waals surface area (Å²) < 4.78 is 7.13. The Morgan fingerprint density at radius 2 is 2.47 bits per heavy atom. The molecule has 2 heterocycles. The fraction of sp³-hybridized carbons (Fsp3) is 0.500. The van der Waals surface area contributed by atoms with E-state index in [1.54, 1.807) is 11.3 Å². The largest absolute Gasteiger partial charge is 0.466 e. The van der Waals surface area contributed by atoms with Crippen molar-refractivity contribution in [2.24, 2.45) is 0 Å². The molecule has 5 heteroatoms. The molecule has 4 nitrogen and oxygen atoms in total. The van der Waals surface area contributed by atoms with Crippen molar-refractivity contribution in [3.63, 3.8) is 0 Å². The van der Waals surface area contributed by atoms with Gasteiger partial charge in [0.25, 0.3) is 0 Å². The number of thiazole rings is 1. The second kappa shape index (κ2) is 4.14. The Morgan fingerprint density at radius 1 is 1.59 bits per heavy atom. The second-order valence-electron chi connectivity index (χ2n) is 4.19. The normalized spacial score (nSPS) is 14.2. The summed E-state index contributed by atoms with van der Waals surface area (Å²) in [7, 11) is 0. The van der Waals surface area contributed by atoms with Crippen molar-refractivity contribution < 1.29 is 9.53 Å². The molecule has 0 saturated heterocycles. The maximum atomic E-state index is 11.5. The maximum Gasteiger partial charge on any atom is 0.311 e. The lowest BCUT2D eigenvalue weighted by Gasteiger charge is -2.02. The Hall–Kier alpha value is -1.36. The van der Waals surface area contributed by atoms with E-state index in [0.29, 0.717) is 13.0 Å². The third kappa shape index (κ3) is 1.74. The van der Waals surface area contributed by atoms with Gasteiger partial charge in [0, 0.05) is 16.8 Å². The van der Waals surface area contributed by atoms with E-state index in [4.69, 9.17) is 4.74 Å². The third-order valence-electron chi connectivity index (χ3n) is 3.07. The lowest BCUT2D eigenvalue weighted by molar-refractivity contribution is -0.142. The van der Waals surface area contributed by atoms with Crippen molar-refractivity contribution >= 4 is 22.3 Å². The molecule has 3 rings (SSSR count). The highest BCUT2D eigenvalue weighted by Gasteiger charge is 2.21. The molecule has 17 heavy (non-hydrogen) atoms. The predicted molar refractivity (Wildman–Crippen MR) is 65.4 cm³/mol. The number of aromatic nitrogens is 2. The van der Waals surface area contributed by atoms with E-state index < -0.39 is 0 Å². The molecule has 0 saturated carbocycles. The van der Waals surface area contributed by atoms with Gasteiger partial charge in [-0.25, -0.2) is 4.98 Å². The maximum absolute atomic E-state index is 11.5. The fourth-order valence-corrected chi connectivity index (χ4v) is 3.31. The molecule has 1 aliphatic carbocycles. The number of ether oxygens (including phenoxy) is 1. The first kappa shape index (κ1) is 10.8. The SMILES string of the molecule is CCOC(=O)Cc1csc2nc3c(n12)CCC3. The first-order valence-electron chi connectivity index (χ1n) is 5.91. The van der Waals surface area contributed by atoms with Gasteiger partial charge in [-0.3, -0.25) is 9.20 Å². The van der Waals surface area contributed by atoms with Gasteiger partial charge < -0.3 is 4.74 Å². The molecule has 0 bridgehead atoms. The van der Waals surface area contributed by atoms with Crippen LogP contribution in [0, 0.1) is 0 Å². The number of carbonyl (C=O) groups excluding carboxylic acids is 1. The van der Waals surface area contributed by atoms with Crippen LogP contribution >= 0.6 is 11.3 Å². The Labute approximate surface area is 103 Å². The Balaban J connectivity index is 1.97. The van der Waals surface area contributed by atoms with Crippen LogP contribution in [0.5, 0.6) is 0 Å². The highest BCUT2D eigenvalue weighted by Crippen LogP contribution is 2.27. The number of hydrogen-bond acceptors (Lipinski definition) is 4. The van der Waals surface area contributed by atoms with E-state index in [0.717, 1.165) is 23.5 Å². The molecule has 0 unspecified atom stereocenters. The quantitative estimate of drug-likeness (QED) is 0.782. The summed E-state index contributed by atoms with van der Waals surface area (Å²) >= 11 is 1.60. The van der Waals surface area contributed by atoms with Gasteiger partial charge in [0.15, 0.2) is 4.96 Å². The van der Waals surface area contributed by atoms with Crippen LogP contribution in [0.2, 0.25) is 0 Å². The summed E-state index contributed by atoms with van der Waals surface area (Å²) in [5, 5.41) is 2.01. The first-order valence-corrected chi connectivity index (χ1v) is 6.79. The summed E-state index contributed by atoms with van der Waals surface area (Å²) in [6, 6.07) is 0. The number of fused-ring (bicyclic) bond motifs is 3. The van der Waals surface area contributed by atoms with Crippen LogP contribution in [0.1, 0.15) is 30.4 Å². The fourth-order valence-electron chi connectivity index (χ4n) is 2.38. The van der Waals surface area contributed by atoms with Gasteiger partial charge in [0.1, 0.15) is 0 Å². The molecule has 0 amide bonds. The number of nitrogens with zero attached hydrogens (tertiary/aromatic N) is 2.